The minimum Gasteiger partial charge on any atom is -0.474 e. The van der Waals surface area contributed by atoms with Crippen LogP contribution in [0.5, 0.6) is 5.88 Å². The fraction of sp³-hybridized carbons (Fsp3) is 0.625. The van der Waals surface area contributed by atoms with Crippen LogP contribution < -0.4 is 10.5 Å². The third-order valence-electron chi connectivity index (χ3n) is 4.20. The highest BCUT2D eigenvalue weighted by molar-refractivity contribution is 5.92. The van der Waals surface area contributed by atoms with Crippen molar-refractivity contribution in [1.82, 2.24) is 4.98 Å². The summed E-state index contributed by atoms with van der Waals surface area (Å²) in [6.07, 6.45) is 4.71. The van der Waals surface area contributed by atoms with E-state index in [2.05, 4.69) is 18.8 Å². The molecule has 21 heavy (non-hydrogen) atoms. The molecule has 5 nitrogen and oxygen atoms in total. The molecule has 2 rings (SSSR count). The van der Waals surface area contributed by atoms with Crippen molar-refractivity contribution in [3.8, 4) is 5.88 Å². The van der Waals surface area contributed by atoms with Gasteiger partial charge in [-0.2, -0.15) is 0 Å². The van der Waals surface area contributed by atoms with Crippen molar-refractivity contribution in [1.29, 1.82) is 0 Å². The average molecular weight is 292 g/mol. The third kappa shape index (κ3) is 3.86. The van der Waals surface area contributed by atoms with Gasteiger partial charge < -0.3 is 15.2 Å². The van der Waals surface area contributed by atoms with Gasteiger partial charge in [0.15, 0.2) is 0 Å². The molecule has 1 fully saturated rings. The summed E-state index contributed by atoms with van der Waals surface area (Å²) in [7, 11) is 0. The maximum atomic E-state index is 12.0. The van der Waals surface area contributed by atoms with E-state index in [1.165, 1.54) is 6.20 Å². The zero-order valence-corrected chi connectivity index (χ0v) is 13.0. The molecule has 1 aromatic heterocycles. The van der Waals surface area contributed by atoms with E-state index >= 15 is 0 Å². The number of carbonyl (C=O) groups is 1. The molecule has 1 aliphatic rings. The maximum absolute atomic E-state index is 12.0. The van der Waals surface area contributed by atoms with Crippen molar-refractivity contribution in [2.24, 2.45) is 11.8 Å². The number of anilines is 1. The van der Waals surface area contributed by atoms with E-state index in [4.69, 9.17) is 15.2 Å². The van der Waals surface area contributed by atoms with Crippen LogP contribution in [0.2, 0.25) is 0 Å². The summed E-state index contributed by atoms with van der Waals surface area (Å²) in [4.78, 5) is 16.1. The Morgan fingerprint density at radius 3 is 2.81 bits per heavy atom. The second kappa shape index (κ2) is 6.78. The van der Waals surface area contributed by atoms with Crippen molar-refractivity contribution < 1.29 is 14.3 Å². The number of carbonyl (C=O) groups excluding carboxylic acids is 1. The van der Waals surface area contributed by atoms with Gasteiger partial charge in [0.05, 0.1) is 18.5 Å². The number of pyridine rings is 1. The predicted octanol–water partition coefficient (Wildman–Crippen LogP) is 3.04. The third-order valence-corrected chi connectivity index (χ3v) is 4.20. The van der Waals surface area contributed by atoms with Gasteiger partial charge in [-0.25, -0.2) is 9.78 Å². The van der Waals surface area contributed by atoms with Crippen molar-refractivity contribution in [2.45, 2.75) is 46.1 Å². The fourth-order valence-corrected chi connectivity index (χ4v) is 2.68. The largest absolute Gasteiger partial charge is 0.474 e. The maximum Gasteiger partial charge on any atom is 0.343 e. The predicted molar refractivity (Wildman–Crippen MR) is 81.2 cm³/mol. The molecule has 1 aromatic rings. The zero-order chi connectivity index (χ0) is 15.4. The summed E-state index contributed by atoms with van der Waals surface area (Å²) in [6.45, 7) is 6.59. The van der Waals surface area contributed by atoms with Crippen LogP contribution in [-0.2, 0) is 4.74 Å². The lowest BCUT2D eigenvalue weighted by molar-refractivity contribution is 0.0507. The highest BCUT2D eigenvalue weighted by Crippen LogP contribution is 2.32. The molecule has 1 saturated carbocycles. The second-order valence-electron chi connectivity index (χ2n) is 5.85. The first-order valence-electron chi connectivity index (χ1n) is 7.60. The van der Waals surface area contributed by atoms with Gasteiger partial charge in [0.2, 0.25) is 5.88 Å². The first kappa shape index (κ1) is 15.6. The molecule has 2 N–H and O–H groups in total. The number of hydrogen-bond acceptors (Lipinski definition) is 5. The Hall–Kier alpha value is -1.78. The molecule has 0 saturated heterocycles. The number of aromatic nitrogens is 1. The van der Waals surface area contributed by atoms with Crippen LogP contribution in [0.25, 0.3) is 0 Å². The highest BCUT2D eigenvalue weighted by Gasteiger charge is 2.27. The Bertz CT molecular complexity index is 504. The monoisotopic (exact) mass is 292 g/mol. The second-order valence-corrected chi connectivity index (χ2v) is 5.85. The van der Waals surface area contributed by atoms with E-state index in [1.54, 1.807) is 13.0 Å². The molecule has 0 amide bonds. The molecular formula is C16H24N2O3. The van der Waals surface area contributed by atoms with Crippen LogP contribution in [0.15, 0.2) is 12.3 Å². The van der Waals surface area contributed by atoms with Crippen molar-refractivity contribution >= 4 is 11.7 Å². The fourth-order valence-electron chi connectivity index (χ4n) is 2.68. The van der Waals surface area contributed by atoms with Gasteiger partial charge in [-0.3, -0.25) is 0 Å². The number of hydrogen-bond donors (Lipinski definition) is 1. The number of nitrogens with two attached hydrogens (primary N) is 1. The van der Waals surface area contributed by atoms with Crippen LogP contribution >= 0.6 is 0 Å². The standard InChI is InChI=1S/C16H24N2O3/c1-4-20-16(19)14-8-12(17)9-18-15(14)21-13-6-5-10(2)11(3)7-13/h8-11,13H,4-7,17H2,1-3H3. The molecular weight excluding hydrogens is 268 g/mol. The number of nitrogens with zero attached hydrogens (tertiary/aromatic N) is 1. The first-order valence-corrected chi connectivity index (χ1v) is 7.60. The molecule has 0 spiro atoms. The lowest BCUT2D eigenvalue weighted by atomic mass is 9.80. The lowest BCUT2D eigenvalue weighted by Crippen LogP contribution is -2.29. The zero-order valence-electron chi connectivity index (χ0n) is 13.0. The van der Waals surface area contributed by atoms with Crippen LogP contribution in [0.3, 0.4) is 0 Å². The van der Waals surface area contributed by atoms with Crippen LogP contribution in [0, 0.1) is 11.8 Å². The van der Waals surface area contributed by atoms with Gasteiger partial charge in [0.25, 0.3) is 0 Å². The Balaban J connectivity index is 2.14. The van der Waals surface area contributed by atoms with Gasteiger partial charge in [-0.1, -0.05) is 13.8 Å². The quantitative estimate of drug-likeness (QED) is 0.863. The van der Waals surface area contributed by atoms with Gasteiger partial charge in [-0.15, -0.1) is 0 Å². The average Bonchev–Trinajstić information content (AvgIpc) is 2.45. The molecule has 3 atom stereocenters. The number of nitrogen functional groups attached to an aromatic ring is 1. The Kier molecular flexibility index (Phi) is 5.04. The van der Waals surface area contributed by atoms with Crippen LogP contribution in [0.4, 0.5) is 5.69 Å². The minimum atomic E-state index is -0.440. The molecule has 0 bridgehead atoms. The van der Waals surface area contributed by atoms with Gasteiger partial charge in [-0.05, 0) is 44.1 Å². The van der Waals surface area contributed by atoms with E-state index < -0.39 is 5.97 Å². The van der Waals surface area contributed by atoms with E-state index in [-0.39, 0.29) is 6.10 Å². The normalized spacial score (nSPS) is 25.4. The topological polar surface area (TPSA) is 74.4 Å². The van der Waals surface area contributed by atoms with Crippen LogP contribution in [0.1, 0.15) is 50.4 Å². The molecule has 0 radical (unpaired) electrons. The van der Waals surface area contributed by atoms with Crippen molar-refractivity contribution in [2.75, 3.05) is 12.3 Å². The van der Waals surface area contributed by atoms with E-state index in [1.807, 2.05) is 0 Å². The molecule has 0 aromatic carbocycles. The molecule has 1 heterocycles. The van der Waals surface area contributed by atoms with Crippen LogP contribution in [-0.4, -0.2) is 23.7 Å². The van der Waals surface area contributed by atoms with Crippen molar-refractivity contribution in [3.05, 3.63) is 17.8 Å². The first-order chi connectivity index (χ1) is 10.0. The summed E-state index contributed by atoms with van der Waals surface area (Å²) in [5, 5.41) is 0. The van der Waals surface area contributed by atoms with Gasteiger partial charge >= 0.3 is 5.97 Å². The number of rotatable bonds is 4. The Labute approximate surface area is 125 Å². The summed E-state index contributed by atoms with van der Waals surface area (Å²) in [5.74, 6) is 1.22. The SMILES string of the molecule is CCOC(=O)c1cc(N)cnc1OC1CCC(C)C(C)C1. The molecule has 3 unspecified atom stereocenters. The summed E-state index contributed by atoms with van der Waals surface area (Å²) in [6, 6.07) is 1.56. The number of esters is 1. The summed E-state index contributed by atoms with van der Waals surface area (Å²) in [5.41, 5.74) is 6.44. The number of ether oxygens (including phenoxy) is 2. The Morgan fingerprint density at radius 1 is 1.38 bits per heavy atom. The highest BCUT2D eigenvalue weighted by atomic mass is 16.5. The molecule has 1 aliphatic carbocycles. The molecule has 116 valence electrons. The lowest BCUT2D eigenvalue weighted by Gasteiger charge is -2.32. The Morgan fingerprint density at radius 2 is 2.14 bits per heavy atom. The minimum absolute atomic E-state index is 0.0977. The molecule has 0 aliphatic heterocycles. The summed E-state index contributed by atoms with van der Waals surface area (Å²) < 4.78 is 11.0. The van der Waals surface area contributed by atoms with E-state index in [0.29, 0.717) is 35.6 Å². The van der Waals surface area contributed by atoms with Crippen molar-refractivity contribution in [3.63, 3.8) is 0 Å². The summed E-state index contributed by atoms with van der Waals surface area (Å²) >= 11 is 0. The molecule has 5 heteroatoms. The van der Waals surface area contributed by atoms with Gasteiger partial charge in [0, 0.05) is 0 Å². The van der Waals surface area contributed by atoms with E-state index in [9.17, 15) is 4.79 Å². The van der Waals surface area contributed by atoms with E-state index in [0.717, 1.165) is 19.3 Å². The smallest absolute Gasteiger partial charge is 0.343 e. The van der Waals surface area contributed by atoms with Gasteiger partial charge in [0.1, 0.15) is 11.7 Å².